The quantitative estimate of drug-likeness (QED) is 0.592. The van der Waals surface area contributed by atoms with Crippen LogP contribution >= 0.6 is 22.6 Å². The fourth-order valence-corrected chi connectivity index (χ4v) is 3.98. The highest BCUT2D eigenvalue weighted by atomic mass is 127. The van der Waals surface area contributed by atoms with Crippen LogP contribution in [0.4, 0.5) is 0 Å². The third kappa shape index (κ3) is 2.42. The van der Waals surface area contributed by atoms with E-state index in [-0.39, 0.29) is 0 Å². The molecule has 2 aliphatic carbocycles. The van der Waals surface area contributed by atoms with Crippen molar-refractivity contribution in [2.45, 2.75) is 32.1 Å². The summed E-state index contributed by atoms with van der Waals surface area (Å²) in [6.07, 6.45) is 6.27. The van der Waals surface area contributed by atoms with Gasteiger partial charge in [-0.05, 0) is 71.7 Å². The maximum atomic E-state index is 12.2. The summed E-state index contributed by atoms with van der Waals surface area (Å²) in [6.45, 7) is 0. The Kier molecular flexibility index (Phi) is 3.24. The van der Waals surface area contributed by atoms with Gasteiger partial charge >= 0.3 is 0 Å². The van der Waals surface area contributed by atoms with Gasteiger partial charge in [0.05, 0.1) is 0 Å². The third-order valence-electron chi connectivity index (χ3n) is 4.50. The van der Waals surface area contributed by atoms with E-state index in [0.717, 1.165) is 23.8 Å². The average molecular weight is 340 g/mol. The first kappa shape index (κ1) is 11.7. The summed E-state index contributed by atoms with van der Waals surface area (Å²) in [5, 5.41) is 0. The Hall–Kier alpha value is -0.380. The fraction of sp³-hybridized carbons (Fsp3) is 0.533. The van der Waals surface area contributed by atoms with Crippen LogP contribution in [0.1, 0.15) is 42.5 Å². The van der Waals surface area contributed by atoms with Crippen molar-refractivity contribution in [1.82, 2.24) is 0 Å². The van der Waals surface area contributed by atoms with Gasteiger partial charge in [0.25, 0.3) is 0 Å². The molecule has 0 N–H and O–H groups in total. The van der Waals surface area contributed by atoms with Gasteiger partial charge in [0.1, 0.15) is 0 Å². The number of halogens is 1. The molecule has 2 bridgehead atoms. The molecule has 0 aromatic heterocycles. The van der Waals surface area contributed by atoms with Crippen LogP contribution < -0.4 is 0 Å². The Labute approximate surface area is 116 Å². The van der Waals surface area contributed by atoms with E-state index in [1.807, 2.05) is 24.3 Å². The highest BCUT2D eigenvalue weighted by Crippen LogP contribution is 2.49. The van der Waals surface area contributed by atoms with Gasteiger partial charge in [-0.3, -0.25) is 4.79 Å². The second kappa shape index (κ2) is 4.71. The van der Waals surface area contributed by atoms with Crippen LogP contribution in [-0.2, 0) is 0 Å². The van der Waals surface area contributed by atoms with Crippen molar-refractivity contribution in [3.63, 3.8) is 0 Å². The van der Waals surface area contributed by atoms with Crippen molar-refractivity contribution in [1.29, 1.82) is 0 Å². The summed E-state index contributed by atoms with van der Waals surface area (Å²) >= 11 is 2.27. The van der Waals surface area contributed by atoms with E-state index in [1.54, 1.807) is 0 Å². The molecule has 2 saturated carbocycles. The molecule has 1 aromatic carbocycles. The van der Waals surface area contributed by atoms with Crippen LogP contribution in [0.15, 0.2) is 24.3 Å². The largest absolute Gasteiger partial charge is 0.294 e. The molecule has 0 radical (unpaired) electrons. The first-order valence-electron chi connectivity index (χ1n) is 6.51. The summed E-state index contributed by atoms with van der Waals surface area (Å²) < 4.78 is 1.19. The molecule has 3 rings (SSSR count). The molecule has 2 aliphatic rings. The maximum Gasteiger partial charge on any atom is 0.163 e. The standard InChI is InChI=1S/C15H17IO/c16-14-5-3-11(4-6-14)15(17)9-13-8-10-1-2-12(13)7-10/h3-6,10,12-13H,1-2,7-9H2. The van der Waals surface area contributed by atoms with Crippen molar-refractivity contribution in [2.24, 2.45) is 17.8 Å². The molecule has 0 spiro atoms. The zero-order valence-corrected chi connectivity index (χ0v) is 12.0. The first-order valence-corrected chi connectivity index (χ1v) is 7.59. The number of fused-ring (bicyclic) bond motifs is 2. The highest BCUT2D eigenvalue weighted by Gasteiger charge is 2.40. The summed E-state index contributed by atoms with van der Waals surface area (Å²) in [6, 6.07) is 7.98. The molecule has 0 heterocycles. The molecule has 3 unspecified atom stereocenters. The van der Waals surface area contributed by atoms with Gasteiger partial charge in [0.2, 0.25) is 0 Å². The average Bonchev–Trinajstić information content (AvgIpc) is 2.91. The number of carbonyl (C=O) groups is 1. The molecule has 1 aromatic rings. The van der Waals surface area contributed by atoms with Gasteiger partial charge in [-0.25, -0.2) is 0 Å². The summed E-state index contributed by atoms with van der Waals surface area (Å²) in [5.41, 5.74) is 0.896. The second-order valence-electron chi connectivity index (χ2n) is 5.57. The smallest absolute Gasteiger partial charge is 0.163 e. The van der Waals surface area contributed by atoms with Crippen molar-refractivity contribution < 1.29 is 4.79 Å². The lowest BCUT2D eigenvalue weighted by Crippen LogP contribution is -2.15. The van der Waals surface area contributed by atoms with Gasteiger partial charge < -0.3 is 0 Å². The molecule has 90 valence electrons. The molecule has 0 aliphatic heterocycles. The number of Topliss-reactive ketones (excluding diaryl/α,β-unsaturated/α-hetero) is 1. The predicted molar refractivity (Wildman–Crippen MR) is 77.0 cm³/mol. The van der Waals surface area contributed by atoms with E-state index in [0.29, 0.717) is 11.7 Å². The minimum Gasteiger partial charge on any atom is -0.294 e. The number of benzene rings is 1. The fourth-order valence-electron chi connectivity index (χ4n) is 3.62. The topological polar surface area (TPSA) is 17.1 Å². The zero-order valence-electron chi connectivity index (χ0n) is 9.86. The van der Waals surface area contributed by atoms with Gasteiger partial charge in [-0.1, -0.05) is 18.6 Å². The molecule has 0 saturated heterocycles. The number of hydrogen-bond acceptors (Lipinski definition) is 1. The second-order valence-corrected chi connectivity index (χ2v) is 6.81. The number of hydrogen-bond donors (Lipinski definition) is 0. The molecule has 2 heteroatoms. The van der Waals surface area contributed by atoms with Gasteiger partial charge in [-0.15, -0.1) is 0 Å². The van der Waals surface area contributed by atoms with Crippen LogP contribution in [0.5, 0.6) is 0 Å². The van der Waals surface area contributed by atoms with Crippen LogP contribution in [0.25, 0.3) is 0 Å². The minimum atomic E-state index is 0.346. The monoisotopic (exact) mass is 340 g/mol. The molecule has 3 atom stereocenters. The van der Waals surface area contributed by atoms with Crippen LogP contribution in [-0.4, -0.2) is 5.78 Å². The number of carbonyl (C=O) groups excluding carboxylic acids is 1. The van der Waals surface area contributed by atoms with E-state index in [4.69, 9.17) is 0 Å². The number of ketones is 1. The summed E-state index contributed by atoms with van der Waals surface area (Å²) in [4.78, 5) is 12.2. The van der Waals surface area contributed by atoms with Crippen LogP contribution in [0, 0.1) is 21.3 Å². The maximum absolute atomic E-state index is 12.2. The zero-order chi connectivity index (χ0) is 11.8. The molecule has 0 amide bonds. The third-order valence-corrected chi connectivity index (χ3v) is 5.22. The molecule has 17 heavy (non-hydrogen) atoms. The lowest BCUT2D eigenvalue weighted by atomic mass is 9.84. The van der Waals surface area contributed by atoms with Gasteiger partial charge in [0, 0.05) is 15.6 Å². The van der Waals surface area contributed by atoms with Crippen molar-refractivity contribution in [2.75, 3.05) is 0 Å². The normalized spacial score (nSPS) is 30.8. The molecule has 2 fully saturated rings. The van der Waals surface area contributed by atoms with Crippen molar-refractivity contribution in [3.8, 4) is 0 Å². The lowest BCUT2D eigenvalue weighted by molar-refractivity contribution is 0.0944. The van der Waals surface area contributed by atoms with Crippen LogP contribution in [0.2, 0.25) is 0 Å². The van der Waals surface area contributed by atoms with Crippen LogP contribution in [0.3, 0.4) is 0 Å². The summed E-state index contributed by atoms with van der Waals surface area (Å²) in [5.74, 6) is 2.82. The minimum absolute atomic E-state index is 0.346. The van der Waals surface area contributed by atoms with E-state index in [9.17, 15) is 4.79 Å². The Morgan fingerprint density at radius 3 is 2.53 bits per heavy atom. The van der Waals surface area contributed by atoms with E-state index < -0.39 is 0 Å². The van der Waals surface area contributed by atoms with Crippen molar-refractivity contribution in [3.05, 3.63) is 33.4 Å². The Balaban J connectivity index is 1.65. The lowest BCUT2D eigenvalue weighted by Gasteiger charge is -2.20. The Morgan fingerprint density at radius 1 is 1.18 bits per heavy atom. The first-order chi connectivity index (χ1) is 8.22. The summed E-state index contributed by atoms with van der Waals surface area (Å²) in [7, 11) is 0. The molecular weight excluding hydrogens is 323 g/mol. The van der Waals surface area contributed by atoms with Gasteiger partial charge in [0.15, 0.2) is 5.78 Å². The highest BCUT2D eigenvalue weighted by molar-refractivity contribution is 14.1. The van der Waals surface area contributed by atoms with E-state index in [2.05, 4.69) is 22.6 Å². The van der Waals surface area contributed by atoms with E-state index >= 15 is 0 Å². The molecule has 1 nitrogen and oxygen atoms in total. The predicted octanol–water partition coefficient (Wildman–Crippen LogP) is 4.30. The molecular formula is C15H17IO. The Morgan fingerprint density at radius 2 is 1.94 bits per heavy atom. The van der Waals surface area contributed by atoms with Gasteiger partial charge in [-0.2, -0.15) is 0 Å². The van der Waals surface area contributed by atoms with Crippen molar-refractivity contribution >= 4 is 28.4 Å². The number of rotatable bonds is 3. The van der Waals surface area contributed by atoms with E-state index in [1.165, 1.54) is 29.3 Å². The Bertz CT molecular complexity index is 423. The SMILES string of the molecule is O=C(CC1CC2CCC1C2)c1ccc(I)cc1.